The molecule has 7 heteroatoms. The normalized spacial score (nSPS) is 12.8. The lowest BCUT2D eigenvalue weighted by atomic mass is 9.33. The smallest absolute Gasteiger partial charge is 0.252 e. The van der Waals surface area contributed by atoms with Crippen molar-refractivity contribution in [2.45, 2.75) is 52.4 Å². The van der Waals surface area contributed by atoms with Crippen molar-refractivity contribution in [2.75, 3.05) is 9.80 Å². The second-order valence-electron chi connectivity index (χ2n) is 33.8. The van der Waals surface area contributed by atoms with Gasteiger partial charge in [-0.25, -0.2) is 0 Å². The van der Waals surface area contributed by atoms with E-state index >= 15 is 0 Å². The lowest BCUT2D eigenvalue weighted by Gasteiger charge is -2.46. The van der Waals surface area contributed by atoms with E-state index in [0.717, 1.165) is 62.0 Å². The van der Waals surface area contributed by atoms with Crippen LogP contribution in [0.15, 0.2) is 437 Å². The Morgan fingerprint density at radius 1 is 0.231 bits per heavy atom. The summed E-state index contributed by atoms with van der Waals surface area (Å²) in [6.45, 7) is 13.8. The highest BCUT2D eigenvalue weighted by atomic mass is 28.3. The molecule has 3 heterocycles. The fourth-order valence-electron chi connectivity index (χ4n) is 20.0. The second kappa shape index (κ2) is 29.3. The molecule has 2 aliphatic rings. The van der Waals surface area contributed by atoms with Crippen molar-refractivity contribution in [2.24, 2.45) is 0 Å². The van der Waals surface area contributed by atoms with E-state index in [1.54, 1.807) is 0 Å². The molecule has 117 heavy (non-hydrogen) atoms. The van der Waals surface area contributed by atoms with Crippen LogP contribution in [0.2, 0.25) is 0 Å². The summed E-state index contributed by atoms with van der Waals surface area (Å²) in [5, 5.41) is 18.3. The third kappa shape index (κ3) is 12.0. The standard InChI is InChI=1S/C110H90BN3Si3/c1-109(2,3)80-66-70-102-98(72-80)99-73-81(110(4,5)6)67-71-103(99)113(102)84-76-105-107-106(77-84)114(83-43-38-63-95(75-83)116(88-50-25-11-26-51-88,89-52-27-12-28-53-89)90-54-29-13-30-55-90)108-97(79-40-17-7-18-41-79)64-39-65-101(108)111(107)100-69-68-96(117(91-56-31-14-32-57-91,92-58-33-15-34-59-92)93-60-35-16-36-61-93)78-104(100)112(105)82-42-37-62-94(74-82)115(85-44-19-8-20-45-85,86-46-21-9-22-47-86)87-48-23-10-24-49-87/h7-78H,1-6H3. The second-order valence-corrected chi connectivity index (χ2v) is 45.3. The van der Waals surface area contributed by atoms with E-state index in [0.29, 0.717) is 0 Å². The maximum Gasteiger partial charge on any atom is 0.252 e. The minimum absolute atomic E-state index is 0.110. The first-order valence-electron chi connectivity index (χ1n) is 41.2. The van der Waals surface area contributed by atoms with Gasteiger partial charge in [0.25, 0.3) is 6.71 Å². The average molecular weight is 1550 g/mol. The average Bonchev–Trinajstić information content (AvgIpc) is 1.21. The number of hydrogen-bond acceptors (Lipinski definition) is 2. The number of rotatable bonds is 16. The molecule has 2 aliphatic heterocycles. The Morgan fingerprint density at radius 2 is 0.547 bits per heavy atom. The van der Waals surface area contributed by atoms with Gasteiger partial charge in [0.2, 0.25) is 0 Å². The molecule has 3 nitrogen and oxygen atoms in total. The lowest BCUT2D eigenvalue weighted by Crippen LogP contribution is -2.75. The van der Waals surface area contributed by atoms with Crippen LogP contribution in [0, 0.1) is 0 Å². The third-order valence-electron chi connectivity index (χ3n) is 25.3. The molecule has 560 valence electrons. The Morgan fingerprint density at radius 3 is 0.906 bits per heavy atom. The zero-order valence-electron chi connectivity index (χ0n) is 67.0. The Balaban J connectivity index is 0.968. The molecule has 0 N–H and O–H groups in total. The van der Waals surface area contributed by atoms with Crippen LogP contribution in [0.4, 0.5) is 34.1 Å². The Bertz CT molecular complexity index is 6340. The van der Waals surface area contributed by atoms with Gasteiger partial charge in [-0.2, -0.15) is 0 Å². The maximum atomic E-state index is 2.74. The molecule has 17 aromatic carbocycles. The molecule has 0 saturated carbocycles. The zero-order chi connectivity index (χ0) is 79.0. The first-order valence-corrected chi connectivity index (χ1v) is 47.2. The monoisotopic (exact) mass is 1550 g/mol. The predicted molar refractivity (Wildman–Crippen MR) is 508 cm³/mol. The van der Waals surface area contributed by atoms with Gasteiger partial charge in [-0.05, 0) is 173 Å². The van der Waals surface area contributed by atoms with Gasteiger partial charge in [0.05, 0.1) is 16.7 Å². The van der Waals surface area contributed by atoms with Crippen LogP contribution < -0.4 is 88.4 Å². The summed E-state index contributed by atoms with van der Waals surface area (Å²) in [5.41, 5.74) is 18.6. The largest absolute Gasteiger partial charge is 0.311 e. The lowest BCUT2D eigenvalue weighted by molar-refractivity contribution is 0.590. The van der Waals surface area contributed by atoms with Gasteiger partial charge in [0, 0.05) is 50.5 Å². The van der Waals surface area contributed by atoms with E-state index < -0.39 is 24.2 Å². The number of aromatic nitrogens is 1. The van der Waals surface area contributed by atoms with Crippen molar-refractivity contribution in [3.05, 3.63) is 448 Å². The molecular formula is C110H90BN3Si3. The summed E-state index contributed by atoms with van der Waals surface area (Å²) in [6.07, 6.45) is 0. The number of anilines is 6. The predicted octanol–water partition coefficient (Wildman–Crippen LogP) is 17.3. The molecule has 0 radical (unpaired) electrons. The van der Waals surface area contributed by atoms with Crippen molar-refractivity contribution in [1.82, 2.24) is 4.57 Å². The fourth-order valence-corrected chi connectivity index (χ4v) is 34.3. The van der Waals surface area contributed by atoms with Crippen LogP contribution in [0.1, 0.15) is 52.7 Å². The van der Waals surface area contributed by atoms with Crippen LogP contribution in [-0.2, 0) is 10.8 Å². The third-order valence-corrected chi connectivity index (χ3v) is 39.6. The quantitative estimate of drug-likeness (QED) is 0.0706. The van der Waals surface area contributed by atoms with Gasteiger partial charge in [-0.1, -0.05) is 412 Å². The minimum Gasteiger partial charge on any atom is -0.311 e. The Hall–Kier alpha value is -13.1. The van der Waals surface area contributed by atoms with Gasteiger partial charge in [-0.3, -0.25) is 0 Å². The molecule has 0 atom stereocenters. The first-order chi connectivity index (χ1) is 57.3. The van der Waals surface area contributed by atoms with Gasteiger partial charge in [0.15, 0.2) is 24.2 Å². The van der Waals surface area contributed by atoms with Crippen LogP contribution in [0.25, 0.3) is 38.6 Å². The number of benzene rings is 17. The highest BCUT2D eigenvalue weighted by molar-refractivity contribution is 7.21. The SMILES string of the molecule is CC(C)(C)c1ccc2c(c1)c1cc(C(C)(C)C)ccc1n2-c1cc2c3c(c1)N(c1cccc([Si](c4ccccc4)(c4ccccc4)c4ccccc4)c1)c1c(cccc1-c1ccccc1)B3c1ccc([Si](c3ccccc3)(c3ccccc3)c3ccccc3)cc1N2c1cccc([Si](c2ccccc2)(c2ccccc2)c2ccccc2)c1. The molecule has 18 aromatic rings. The van der Waals surface area contributed by atoms with Crippen molar-refractivity contribution in [3.63, 3.8) is 0 Å². The summed E-state index contributed by atoms with van der Waals surface area (Å²) in [6, 6.07) is 169. The molecule has 1 aromatic heterocycles. The van der Waals surface area contributed by atoms with Gasteiger partial charge in [0.1, 0.15) is 0 Å². The van der Waals surface area contributed by atoms with E-state index in [2.05, 4.69) is 493 Å². The molecule has 0 fully saturated rings. The Kier molecular flexibility index (Phi) is 18.2. The number of nitrogens with zero attached hydrogens (tertiary/aromatic N) is 3. The molecular weight excluding hydrogens is 1460 g/mol. The van der Waals surface area contributed by atoms with Crippen LogP contribution in [-0.4, -0.2) is 35.5 Å². The molecule has 0 saturated heterocycles. The zero-order valence-corrected chi connectivity index (χ0v) is 70.0. The molecule has 0 amide bonds. The van der Waals surface area contributed by atoms with Crippen LogP contribution in [0.5, 0.6) is 0 Å². The van der Waals surface area contributed by atoms with E-state index in [1.807, 2.05) is 0 Å². The topological polar surface area (TPSA) is 11.4 Å². The first kappa shape index (κ1) is 72.8. The molecule has 0 bridgehead atoms. The van der Waals surface area contributed by atoms with Gasteiger partial charge < -0.3 is 14.4 Å². The summed E-state index contributed by atoms with van der Waals surface area (Å²) < 4.78 is 2.62. The summed E-state index contributed by atoms with van der Waals surface area (Å²) in [5.74, 6) is 0. The summed E-state index contributed by atoms with van der Waals surface area (Å²) in [4.78, 5) is 5.46. The van der Waals surface area contributed by atoms with Gasteiger partial charge >= 0.3 is 0 Å². The number of fused-ring (bicyclic) bond motifs is 7. The summed E-state index contributed by atoms with van der Waals surface area (Å²) in [7, 11) is -9.58. The minimum atomic E-state index is -3.24. The van der Waals surface area contributed by atoms with Gasteiger partial charge in [-0.15, -0.1) is 0 Å². The van der Waals surface area contributed by atoms with E-state index in [9.17, 15) is 0 Å². The van der Waals surface area contributed by atoms with Crippen molar-refractivity contribution < 1.29 is 0 Å². The van der Waals surface area contributed by atoms with Crippen LogP contribution in [0.3, 0.4) is 0 Å². The van der Waals surface area contributed by atoms with Crippen molar-refractivity contribution in [3.8, 4) is 16.8 Å². The fraction of sp³-hybridized carbons (Fsp3) is 0.0727. The highest BCUT2D eigenvalue weighted by Crippen LogP contribution is 2.49. The van der Waals surface area contributed by atoms with E-state index in [1.165, 1.54) is 101 Å². The summed E-state index contributed by atoms with van der Waals surface area (Å²) >= 11 is 0. The molecule has 0 unspecified atom stereocenters. The maximum absolute atomic E-state index is 3.24. The van der Waals surface area contributed by atoms with E-state index in [-0.39, 0.29) is 17.5 Å². The number of para-hydroxylation sites is 1. The van der Waals surface area contributed by atoms with E-state index in [4.69, 9.17) is 0 Å². The number of hydrogen-bond donors (Lipinski definition) is 0. The van der Waals surface area contributed by atoms with Crippen LogP contribution >= 0.6 is 0 Å². The molecule has 20 rings (SSSR count). The molecule has 0 spiro atoms. The Labute approximate surface area is 691 Å². The van der Waals surface area contributed by atoms with Crippen molar-refractivity contribution in [1.29, 1.82) is 0 Å². The molecule has 0 aliphatic carbocycles. The van der Waals surface area contributed by atoms with Crippen molar-refractivity contribution >= 4 is 165 Å². The highest BCUT2D eigenvalue weighted by Gasteiger charge is 2.50.